The summed E-state index contributed by atoms with van der Waals surface area (Å²) >= 11 is 5.34. The Labute approximate surface area is 129 Å². The number of thiocarbonyl (C=S) groups is 1. The summed E-state index contributed by atoms with van der Waals surface area (Å²) in [4.78, 5) is 6.27. The van der Waals surface area contributed by atoms with Crippen LogP contribution in [0.3, 0.4) is 0 Å². The smallest absolute Gasteiger partial charge is 0.168 e. The lowest BCUT2D eigenvalue weighted by atomic mass is 10.2. The zero-order valence-electron chi connectivity index (χ0n) is 11.9. The van der Waals surface area contributed by atoms with E-state index in [0.717, 1.165) is 24.2 Å². The van der Waals surface area contributed by atoms with Gasteiger partial charge in [0.15, 0.2) is 5.11 Å². The average Bonchev–Trinajstić information content (AvgIpc) is 2.52. The standard InChI is InChI=1S/C16H18FN3S/c1-20(11-9-15-4-2-3-10-18-15)16(21)19-12-13-5-7-14(17)8-6-13/h2-8,10H,9,11-12H2,1H3,(H,19,21). The third-order valence-electron chi connectivity index (χ3n) is 3.13. The largest absolute Gasteiger partial charge is 0.358 e. The van der Waals surface area contributed by atoms with Gasteiger partial charge in [-0.2, -0.15) is 0 Å². The van der Waals surface area contributed by atoms with E-state index >= 15 is 0 Å². The predicted octanol–water partition coefficient (Wildman–Crippen LogP) is 2.77. The van der Waals surface area contributed by atoms with Gasteiger partial charge in [0.05, 0.1) is 0 Å². The molecule has 0 spiro atoms. The Morgan fingerprint density at radius 1 is 1.24 bits per heavy atom. The molecule has 0 aliphatic rings. The number of likely N-dealkylation sites (N-methyl/N-ethyl adjacent to an activating group) is 1. The number of halogens is 1. The maximum absolute atomic E-state index is 12.8. The van der Waals surface area contributed by atoms with Crippen LogP contribution in [0, 0.1) is 5.82 Å². The molecule has 1 aromatic carbocycles. The van der Waals surface area contributed by atoms with Crippen LogP contribution >= 0.6 is 12.2 Å². The molecular formula is C16H18FN3S. The molecule has 0 unspecified atom stereocenters. The van der Waals surface area contributed by atoms with Gasteiger partial charge in [0.2, 0.25) is 0 Å². The summed E-state index contributed by atoms with van der Waals surface area (Å²) in [6, 6.07) is 12.3. The van der Waals surface area contributed by atoms with Crippen LogP contribution in [0.25, 0.3) is 0 Å². The fraction of sp³-hybridized carbons (Fsp3) is 0.250. The van der Waals surface area contributed by atoms with E-state index in [1.165, 1.54) is 12.1 Å². The zero-order valence-corrected chi connectivity index (χ0v) is 12.7. The molecule has 2 aromatic rings. The molecule has 0 atom stereocenters. The first-order valence-electron chi connectivity index (χ1n) is 6.78. The highest BCUT2D eigenvalue weighted by atomic mass is 32.1. The fourth-order valence-corrected chi connectivity index (χ4v) is 2.01. The molecule has 2 rings (SSSR count). The van der Waals surface area contributed by atoms with Gasteiger partial charge in [0.25, 0.3) is 0 Å². The normalized spacial score (nSPS) is 10.2. The minimum Gasteiger partial charge on any atom is -0.358 e. The Morgan fingerprint density at radius 2 is 2.00 bits per heavy atom. The lowest BCUT2D eigenvalue weighted by Crippen LogP contribution is -2.37. The first-order valence-corrected chi connectivity index (χ1v) is 7.19. The van der Waals surface area contributed by atoms with E-state index < -0.39 is 0 Å². The number of hydrogen-bond donors (Lipinski definition) is 1. The van der Waals surface area contributed by atoms with Gasteiger partial charge in [0.1, 0.15) is 5.82 Å². The molecule has 0 fully saturated rings. The van der Waals surface area contributed by atoms with E-state index in [1.54, 1.807) is 18.3 Å². The van der Waals surface area contributed by atoms with Crippen molar-refractivity contribution in [2.75, 3.05) is 13.6 Å². The van der Waals surface area contributed by atoms with Crippen molar-refractivity contribution in [1.29, 1.82) is 0 Å². The van der Waals surface area contributed by atoms with Crippen LogP contribution in [0.2, 0.25) is 0 Å². The first kappa shape index (κ1) is 15.4. The zero-order chi connectivity index (χ0) is 15.1. The van der Waals surface area contributed by atoms with Crippen LogP contribution in [0.5, 0.6) is 0 Å². The van der Waals surface area contributed by atoms with Crippen LogP contribution in [-0.4, -0.2) is 28.6 Å². The molecule has 110 valence electrons. The molecule has 0 saturated carbocycles. The Hall–Kier alpha value is -2.01. The summed E-state index contributed by atoms with van der Waals surface area (Å²) in [7, 11) is 1.95. The van der Waals surface area contributed by atoms with Crippen LogP contribution < -0.4 is 5.32 Å². The maximum Gasteiger partial charge on any atom is 0.168 e. The van der Waals surface area contributed by atoms with E-state index in [-0.39, 0.29) is 5.82 Å². The number of rotatable bonds is 5. The van der Waals surface area contributed by atoms with Gasteiger partial charge in [-0.05, 0) is 42.0 Å². The van der Waals surface area contributed by atoms with Gasteiger partial charge in [0, 0.05) is 38.4 Å². The molecule has 3 nitrogen and oxygen atoms in total. The van der Waals surface area contributed by atoms with E-state index in [2.05, 4.69) is 10.3 Å². The molecule has 21 heavy (non-hydrogen) atoms. The summed E-state index contributed by atoms with van der Waals surface area (Å²) in [5, 5.41) is 3.85. The molecule has 0 amide bonds. The molecule has 0 aliphatic heterocycles. The van der Waals surface area contributed by atoms with Crippen LogP contribution in [0.15, 0.2) is 48.7 Å². The van der Waals surface area contributed by atoms with Gasteiger partial charge < -0.3 is 10.2 Å². The van der Waals surface area contributed by atoms with Crippen molar-refractivity contribution in [3.63, 3.8) is 0 Å². The predicted molar refractivity (Wildman–Crippen MR) is 86.4 cm³/mol. The molecule has 0 aliphatic carbocycles. The van der Waals surface area contributed by atoms with Crippen molar-refractivity contribution in [3.8, 4) is 0 Å². The van der Waals surface area contributed by atoms with Crippen LogP contribution in [-0.2, 0) is 13.0 Å². The second kappa shape index (κ2) is 7.69. The first-order chi connectivity index (χ1) is 10.1. The molecule has 0 bridgehead atoms. The van der Waals surface area contributed by atoms with Gasteiger partial charge in [-0.25, -0.2) is 4.39 Å². The van der Waals surface area contributed by atoms with E-state index in [4.69, 9.17) is 12.2 Å². The number of benzene rings is 1. The SMILES string of the molecule is CN(CCc1ccccn1)C(=S)NCc1ccc(F)cc1. The summed E-state index contributed by atoms with van der Waals surface area (Å²) in [5.41, 5.74) is 2.04. The fourth-order valence-electron chi connectivity index (χ4n) is 1.84. The summed E-state index contributed by atoms with van der Waals surface area (Å²) < 4.78 is 12.8. The molecule has 0 radical (unpaired) electrons. The molecule has 1 N–H and O–H groups in total. The number of aromatic nitrogens is 1. The average molecular weight is 303 g/mol. The second-order valence-corrected chi connectivity index (χ2v) is 5.16. The van der Waals surface area contributed by atoms with Crippen molar-refractivity contribution in [2.24, 2.45) is 0 Å². The third-order valence-corrected chi connectivity index (χ3v) is 3.59. The summed E-state index contributed by atoms with van der Waals surface area (Å²) in [6.07, 6.45) is 2.64. The van der Waals surface area contributed by atoms with Gasteiger partial charge >= 0.3 is 0 Å². The second-order valence-electron chi connectivity index (χ2n) is 4.78. The topological polar surface area (TPSA) is 28.2 Å². The number of nitrogens with zero attached hydrogens (tertiary/aromatic N) is 2. The van der Waals surface area contributed by atoms with Gasteiger partial charge in [-0.3, -0.25) is 4.98 Å². The lowest BCUT2D eigenvalue weighted by molar-refractivity contribution is 0.494. The Morgan fingerprint density at radius 3 is 2.67 bits per heavy atom. The molecular weight excluding hydrogens is 285 g/mol. The van der Waals surface area contributed by atoms with E-state index in [0.29, 0.717) is 11.7 Å². The van der Waals surface area contributed by atoms with Crippen molar-refractivity contribution in [2.45, 2.75) is 13.0 Å². The Kier molecular flexibility index (Phi) is 5.63. The number of hydrogen-bond acceptors (Lipinski definition) is 2. The maximum atomic E-state index is 12.8. The quantitative estimate of drug-likeness (QED) is 0.860. The van der Waals surface area contributed by atoms with Crippen molar-refractivity contribution in [3.05, 3.63) is 65.7 Å². The highest BCUT2D eigenvalue weighted by Crippen LogP contribution is 2.03. The van der Waals surface area contributed by atoms with Crippen LogP contribution in [0.4, 0.5) is 4.39 Å². The number of nitrogens with one attached hydrogen (secondary N) is 1. The molecule has 1 aromatic heterocycles. The molecule has 1 heterocycles. The monoisotopic (exact) mass is 303 g/mol. The van der Waals surface area contributed by atoms with Crippen molar-refractivity contribution >= 4 is 17.3 Å². The van der Waals surface area contributed by atoms with Crippen molar-refractivity contribution < 1.29 is 4.39 Å². The number of pyridine rings is 1. The summed E-state index contributed by atoms with van der Waals surface area (Å²) in [5.74, 6) is -0.228. The Bertz CT molecular complexity index is 572. The highest BCUT2D eigenvalue weighted by Gasteiger charge is 2.04. The lowest BCUT2D eigenvalue weighted by Gasteiger charge is -2.20. The molecule has 5 heteroatoms. The minimum absolute atomic E-state index is 0.228. The van der Waals surface area contributed by atoms with Gasteiger partial charge in [-0.1, -0.05) is 18.2 Å². The highest BCUT2D eigenvalue weighted by molar-refractivity contribution is 7.80. The molecule has 0 saturated heterocycles. The third kappa shape index (κ3) is 5.11. The Balaban J connectivity index is 1.76. The minimum atomic E-state index is -0.228. The van der Waals surface area contributed by atoms with E-state index in [1.807, 2.05) is 30.1 Å². The van der Waals surface area contributed by atoms with E-state index in [9.17, 15) is 4.39 Å². The van der Waals surface area contributed by atoms with Crippen LogP contribution in [0.1, 0.15) is 11.3 Å². The van der Waals surface area contributed by atoms with Gasteiger partial charge in [-0.15, -0.1) is 0 Å². The van der Waals surface area contributed by atoms with Crippen molar-refractivity contribution in [1.82, 2.24) is 15.2 Å². The summed E-state index contributed by atoms with van der Waals surface area (Å²) in [6.45, 7) is 1.39.